The van der Waals surface area contributed by atoms with Crippen molar-refractivity contribution in [2.75, 3.05) is 25.1 Å². The Bertz CT molecular complexity index is 1210. The van der Waals surface area contributed by atoms with Crippen molar-refractivity contribution in [1.82, 2.24) is 19.9 Å². The van der Waals surface area contributed by atoms with Crippen molar-refractivity contribution >= 4 is 27.3 Å². The zero-order chi connectivity index (χ0) is 22.8. The van der Waals surface area contributed by atoms with Gasteiger partial charge in [0.05, 0.1) is 24.9 Å². The molecular formula is C25H27N5O2S. The number of fused-ring (bicyclic) bond motifs is 1. The van der Waals surface area contributed by atoms with E-state index in [0.29, 0.717) is 13.1 Å². The lowest BCUT2D eigenvalue weighted by Crippen LogP contribution is -2.43. The topological polar surface area (TPSA) is 71.8 Å². The van der Waals surface area contributed by atoms with E-state index in [-0.39, 0.29) is 11.8 Å². The van der Waals surface area contributed by atoms with Gasteiger partial charge in [-0.05, 0) is 37.5 Å². The summed E-state index contributed by atoms with van der Waals surface area (Å²) in [4.78, 5) is 20.7. The molecule has 1 aliphatic rings. The number of hydrogen-bond acceptors (Lipinski definition) is 6. The number of nitrogens with zero attached hydrogens (tertiary/aromatic N) is 4. The summed E-state index contributed by atoms with van der Waals surface area (Å²) in [7, 11) is 1.65. The van der Waals surface area contributed by atoms with Crippen molar-refractivity contribution in [1.29, 1.82) is 0 Å². The first kappa shape index (κ1) is 21.5. The molecule has 0 saturated carbocycles. The van der Waals surface area contributed by atoms with Crippen molar-refractivity contribution in [3.63, 3.8) is 0 Å². The molecule has 4 aromatic rings. The van der Waals surface area contributed by atoms with Crippen molar-refractivity contribution in [2.45, 2.75) is 26.3 Å². The van der Waals surface area contributed by atoms with Crippen LogP contribution in [0.5, 0.6) is 5.75 Å². The average molecular weight is 462 g/mol. The van der Waals surface area contributed by atoms with Crippen molar-refractivity contribution in [2.24, 2.45) is 5.92 Å². The molecule has 0 bridgehead atoms. The summed E-state index contributed by atoms with van der Waals surface area (Å²) in [5.41, 5.74) is 4.30. The van der Waals surface area contributed by atoms with Gasteiger partial charge in [-0.3, -0.25) is 4.79 Å². The lowest BCUT2D eigenvalue weighted by atomic mass is 9.97. The molecule has 2 aromatic heterocycles. The zero-order valence-electron chi connectivity index (χ0n) is 18.8. The van der Waals surface area contributed by atoms with Crippen molar-refractivity contribution < 1.29 is 9.53 Å². The number of carbonyl (C=O) groups excluding carboxylic acids is 1. The van der Waals surface area contributed by atoms with Gasteiger partial charge in [0.2, 0.25) is 16.0 Å². The average Bonchev–Trinajstić information content (AvgIpc) is 3.43. The van der Waals surface area contributed by atoms with Gasteiger partial charge in [-0.15, -0.1) is 5.10 Å². The fourth-order valence-electron chi connectivity index (χ4n) is 4.12. The Balaban J connectivity index is 1.22. The molecule has 0 spiro atoms. The van der Waals surface area contributed by atoms with Crippen LogP contribution in [0.15, 0.2) is 54.7 Å². The molecule has 7 nitrogen and oxygen atoms in total. The van der Waals surface area contributed by atoms with Crippen LogP contribution < -0.4 is 15.0 Å². The maximum atomic E-state index is 12.8. The highest BCUT2D eigenvalue weighted by atomic mass is 32.1. The van der Waals surface area contributed by atoms with Crippen LogP contribution in [0.2, 0.25) is 0 Å². The molecule has 0 aliphatic carbocycles. The van der Waals surface area contributed by atoms with Gasteiger partial charge in [-0.2, -0.15) is 0 Å². The Morgan fingerprint density at radius 2 is 1.97 bits per heavy atom. The number of benzene rings is 2. The van der Waals surface area contributed by atoms with Crippen molar-refractivity contribution in [3.8, 4) is 17.0 Å². The SMILES string of the molecule is COc1ccc(CNC(=O)[C@H]2CCCN(c3nn4cc(-c5ccc(C)cc5)nc4s3)C2)cc1. The Kier molecular flexibility index (Phi) is 6.00. The number of ether oxygens (including phenoxy) is 1. The van der Waals surface area contributed by atoms with Crippen LogP contribution in [-0.2, 0) is 11.3 Å². The number of imidazole rings is 1. The van der Waals surface area contributed by atoms with Gasteiger partial charge < -0.3 is 15.0 Å². The van der Waals surface area contributed by atoms with E-state index in [1.54, 1.807) is 18.4 Å². The number of anilines is 1. The number of carbonyl (C=O) groups is 1. The van der Waals surface area contributed by atoms with Gasteiger partial charge in [0, 0.05) is 25.2 Å². The van der Waals surface area contributed by atoms with Gasteiger partial charge in [0.1, 0.15) is 5.75 Å². The first-order chi connectivity index (χ1) is 16.1. The monoisotopic (exact) mass is 461 g/mol. The third-order valence-electron chi connectivity index (χ3n) is 6.07. The summed E-state index contributed by atoms with van der Waals surface area (Å²) < 4.78 is 7.04. The Morgan fingerprint density at radius 1 is 1.18 bits per heavy atom. The molecule has 1 N–H and O–H groups in total. The summed E-state index contributed by atoms with van der Waals surface area (Å²) in [6.07, 6.45) is 3.84. The predicted molar refractivity (Wildman–Crippen MR) is 131 cm³/mol. The summed E-state index contributed by atoms with van der Waals surface area (Å²) in [6, 6.07) is 16.1. The molecular weight excluding hydrogens is 434 g/mol. The van der Waals surface area contributed by atoms with Crippen LogP contribution in [0.25, 0.3) is 16.2 Å². The van der Waals surface area contributed by atoms with E-state index < -0.39 is 0 Å². The summed E-state index contributed by atoms with van der Waals surface area (Å²) in [5.74, 6) is 0.864. The first-order valence-corrected chi connectivity index (χ1v) is 12.0. The van der Waals surface area contributed by atoms with E-state index in [9.17, 15) is 4.79 Å². The zero-order valence-corrected chi connectivity index (χ0v) is 19.6. The van der Waals surface area contributed by atoms with Crippen LogP contribution in [0.4, 0.5) is 5.13 Å². The second-order valence-corrected chi connectivity index (χ2v) is 9.39. The maximum Gasteiger partial charge on any atom is 0.225 e. The van der Waals surface area contributed by atoms with Gasteiger partial charge in [0.15, 0.2) is 0 Å². The minimum atomic E-state index is -0.0451. The maximum absolute atomic E-state index is 12.8. The van der Waals surface area contributed by atoms with E-state index in [1.165, 1.54) is 5.56 Å². The number of methoxy groups -OCH3 is 1. The molecule has 0 unspecified atom stereocenters. The third-order valence-corrected chi connectivity index (χ3v) is 7.05. The predicted octanol–water partition coefficient (Wildman–Crippen LogP) is 4.31. The van der Waals surface area contributed by atoms with Crippen LogP contribution in [0.1, 0.15) is 24.0 Å². The number of aryl methyl sites for hydroxylation is 1. The number of hydrogen-bond donors (Lipinski definition) is 1. The number of piperidine rings is 1. The van der Waals surface area contributed by atoms with Gasteiger partial charge >= 0.3 is 0 Å². The summed E-state index contributed by atoms with van der Waals surface area (Å²) in [5, 5.41) is 8.76. The van der Waals surface area contributed by atoms with E-state index in [0.717, 1.165) is 52.0 Å². The van der Waals surface area contributed by atoms with Crippen molar-refractivity contribution in [3.05, 3.63) is 65.9 Å². The molecule has 1 atom stereocenters. The first-order valence-electron chi connectivity index (χ1n) is 11.2. The van der Waals surface area contributed by atoms with E-state index in [2.05, 4.69) is 41.4 Å². The van der Waals surface area contributed by atoms with Gasteiger partial charge in [0.25, 0.3) is 0 Å². The Hall–Kier alpha value is -3.39. The molecule has 1 fully saturated rings. The van der Waals surface area contributed by atoms with Crippen LogP contribution >= 0.6 is 11.3 Å². The second-order valence-electron chi connectivity index (χ2n) is 8.45. The van der Waals surface area contributed by atoms with Crippen LogP contribution in [0.3, 0.4) is 0 Å². The largest absolute Gasteiger partial charge is 0.497 e. The highest BCUT2D eigenvalue weighted by Gasteiger charge is 2.27. The fraction of sp³-hybridized carbons (Fsp3) is 0.320. The second kappa shape index (κ2) is 9.23. The number of nitrogens with one attached hydrogen (secondary N) is 1. The smallest absolute Gasteiger partial charge is 0.225 e. The molecule has 3 heterocycles. The number of amides is 1. The normalized spacial score (nSPS) is 16.2. The number of aromatic nitrogens is 3. The Labute approximate surface area is 197 Å². The van der Waals surface area contributed by atoms with E-state index in [4.69, 9.17) is 14.8 Å². The highest BCUT2D eigenvalue weighted by Crippen LogP contribution is 2.30. The van der Waals surface area contributed by atoms with Gasteiger partial charge in [-0.25, -0.2) is 9.50 Å². The molecule has 8 heteroatoms. The van der Waals surface area contributed by atoms with E-state index in [1.807, 2.05) is 35.0 Å². The van der Waals surface area contributed by atoms with Crippen LogP contribution in [-0.4, -0.2) is 40.7 Å². The molecule has 33 heavy (non-hydrogen) atoms. The van der Waals surface area contributed by atoms with Gasteiger partial charge in [-0.1, -0.05) is 53.3 Å². The molecule has 1 amide bonds. The third kappa shape index (κ3) is 4.71. The van der Waals surface area contributed by atoms with E-state index >= 15 is 0 Å². The molecule has 170 valence electrons. The molecule has 2 aromatic carbocycles. The van der Waals surface area contributed by atoms with Crippen LogP contribution in [0, 0.1) is 12.8 Å². The minimum Gasteiger partial charge on any atom is -0.497 e. The summed E-state index contributed by atoms with van der Waals surface area (Å²) in [6.45, 7) is 4.18. The lowest BCUT2D eigenvalue weighted by Gasteiger charge is -2.31. The minimum absolute atomic E-state index is 0.0451. The molecule has 1 aliphatic heterocycles. The standard InChI is InChI=1S/C25H27N5O2S/c1-17-5-9-19(10-6-17)22-16-30-24(27-22)33-25(28-30)29-13-3-4-20(15-29)23(31)26-14-18-7-11-21(32-2)12-8-18/h5-12,16,20H,3-4,13-15H2,1-2H3,(H,26,31)/t20-/m0/s1. The molecule has 0 radical (unpaired) electrons. The fourth-order valence-corrected chi connectivity index (χ4v) is 5.04. The number of rotatable bonds is 6. The lowest BCUT2D eigenvalue weighted by molar-refractivity contribution is -0.125. The highest BCUT2D eigenvalue weighted by molar-refractivity contribution is 7.20. The Morgan fingerprint density at radius 3 is 2.70 bits per heavy atom. The molecule has 5 rings (SSSR count). The summed E-state index contributed by atoms with van der Waals surface area (Å²) >= 11 is 1.57. The molecule has 1 saturated heterocycles. The quantitative estimate of drug-likeness (QED) is 0.463.